The van der Waals surface area contributed by atoms with Gasteiger partial charge >= 0.3 is 0 Å². The molecule has 2 heterocycles. The van der Waals surface area contributed by atoms with E-state index >= 15 is 0 Å². The SMILES string of the molecule is C[C@H]1CN(C(=O)CSc2ccccn2)C[C@H](C)O1. The first-order valence-electron chi connectivity index (χ1n) is 6.12. The largest absolute Gasteiger partial charge is 0.372 e. The van der Waals surface area contributed by atoms with Crippen LogP contribution in [0.1, 0.15) is 13.8 Å². The van der Waals surface area contributed by atoms with Gasteiger partial charge in [0.15, 0.2) is 0 Å². The quantitative estimate of drug-likeness (QED) is 0.783. The average molecular weight is 266 g/mol. The number of ether oxygens (including phenoxy) is 1. The first-order valence-corrected chi connectivity index (χ1v) is 7.11. The van der Waals surface area contributed by atoms with Gasteiger partial charge in [-0.2, -0.15) is 0 Å². The molecule has 1 aromatic heterocycles. The van der Waals surface area contributed by atoms with Crippen LogP contribution in [0.25, 0.3) is 0 Å². The molecule has 1 aliphatic heterocycles. The van der Waals surface area contributed by atoms with E-state index < -0.39 is 0 Å². The topological polar surface area (TPSA) is 42.4 Å². The molecule has 1 saturated heterocycles. The highest BCUT2D eigenvalue weighted by Crippen LogP contribution is 2.17. The standard InChI is InChI=1S/C13H18N2O2S/c1-10-7-15(8-11(2)17-10)13(16)9-18-12-5-3-4-6-14-12/h3-6,10-11H,7-9H2,1-2H3/t10-,11-/m0/s1. The number of pyridine rings is 1. The van der Waals surface area contributed by atoms with Gasteiger partial charge in [0.1, 0.15) is 0 Å². The summed E-state index contributed by atoms with van der Waals surface area (Å²) in [4.78, 5) is 18.2. The van der Waals surface area contributed by atoms with Crippen molar-refractivity contribution in [2.45, 2.75) is 31.1 Å². The fourth-order valence-electron chi connectivity index (χ4n) is 2.04. The summed E-state index contributed by atoms with van der Waals surface area (Å²) in [6.45, 7) is 5.38. The van der Waals surface area contributed by atoms with E-state index in [9.17, 15) is 4.79 Å². The highest BCUT2D eigenvalue weighted by atomic mass is 32.2. The van der Waals surface area contributed by atoms with Crippen molar-refractivity contribution in [3.8, 4) is 0 Å². The molecule has 0 radical (unpaired) electrons. The molecule has 1 fully saturated rings. The Morgan fingerprint density at radius 1 is 1.44 bits per heavy atom. The molecule has 2 rings (SSSR count). The van der Waals surface area contributed by atoms with Gasteiger partial charge < -0.3 is 9.64 Å². The predicted molar refractivity (Wildman–Crippen MR) is 71.6 cm³/mol. The molecule has 0 bridgehead atoms. The van der Waals surface area contributed by atoms with Crippen LogP contribution in [0.5, 0.6) is 0 Å². The van der Waals surface area contributed by atoms with Gasteiger partial charge in [0.05, 0.1) is 23.0 Å². The molecule has 2 atom stereocenters. The highest BCUT2D eigenvalue weighted by molar-refractivity contribution is 7.99. The molecule has 0 saturated carbocycles. The van der Waals surface area contributed by atoms with Crippen LogP contribution in [0.4, 0.5) is 0 Å². The summed E-state index contributed by atoms with van der Waals surface area (Å²) in [5.41, 5.74) is 0. The van der Waals surface area contributed by atoms with Crippen molar-refractivity contribution in [1.82, 2.24) is 9.88 Å². The van der Waals surface area contributed by atoms with Crippen molar-refractivity contribution in [3.63, 3.8) is 0 Å². The number of thioether (sulfide) groups is 1. The Kier molecular flexibility index (Phi) is 4.60. The molecular weight excluding hydrogens is 248 g/mol. The van der Waals surface area contributed by atoms with Crippen molar-refractivity contribution in [2.75, 3.05) is 18.8 Å². The van der Waals surface area contributed by atoms with Gasteiger partial charge in [-0.15, -0.1) is 0 Å². The Hall–Kier alpha value is -1.07. The van der Waals surface area contributed by atoms with Gasteiger partial charge in [0, 0.05) is 19.3 Å². The maximum Gasteiger partial charge on any atom is 0.233 e. The van der Waals surface area contributed by atoms with E-state index in [2.05, 4.69) is 4.98 Å². The lowest BCUT2D eigenvalue weighted by Crippen LogP contribution is -2.48. The molecular formula is C13H18N2O2S. The first-order chi connectivity index (χ1) is 8.65. The number of amides is 1. The molecule has 1 amide bonds. The summed E-state index contributed by atoms with van der Waals surface area (Å²) < 4.78 is 5.62. The highest BCUT2D eigenvalue weighted by Gasteiger charge is 2.25. The second-order valence-electron chi connectivity index (χ2n) is 4.51. The number of morpholine rings is 1. The Labute approximate surface area is 112 Å². The normalized spacial score (nSPS) is 24.0. The van der Waals surface area contributed by atoms with E-state index in [0.29, 0.717) is 18.8 Å². The summed E-state index contributed by atoms with van der Waals surface area (Å²) in [5.74, 6) is 0.601. The van der Waals surface area contributed by atoms with Crippen molar-refractivity contribution >= 4 is 17.7 Å². The Morgan fingerprint density at radius 2 is 2.17 bits per heavy atom. The van der Waals surface area contributed by atoms with E-state index in [1.165, 1.54) is 11.8 Å². The monoisotopic (exact) mass is 266 g/mol. The van der Waals surface area contributed by atoms with E-state index in [-0.39, 0.29) is 18.1 Å². The summed E-state index contributed by atoms with van der Waals surface area (Å²) in [6, 6.07) is 5.72. The van der Waals surface area contributed by atoms with Crippen LogP contribution in [0, 0.1) is 0 Å². The summed E-state index contributed by atoms with van der Waals surface area (Å²) in [5, 5.41) is 0.889. The van der Waals surface area contributed by atoms with E-state index in [0.717, 1.165) is 5.03 Å². The lowest BCUT2D eigenvalue weighted by atomic mass is 10.2. The molecule has 0 aromatic carbocycles. The molecule has 1 aromatic rings. The summed E-state index contributed by atoms with van der Waals surface area (Å²) >= 11 is 1.48. The number of rotatable bonds is 3. The fourth-order valence-corrected chi connectivity index (χ4v) is 2.81. The van der Waals surface area contributed by atoms with Crippen LogP contribution < -0.4 is 0 Å². The average Bonchev–Trinajstić information content (AvgIpc) is 2.36. The number of aromatic nitrogens is 1. The number of carbonyl (C=O) groups excluding carboxylic acids is 1. The first kappa shape index (κ1) is 13.4. The van der Waals surface area contributed by atoms with Crippen molar-refractivity contribution in [1.29, 1.82) is 0 Å². The van der Waals surface area contributed by atoms with Crippen LogP contribution in [0.2, 0.25) is 0 Å². The van der Waals surface area contributed by atoms with Crippen LogP contribution >= 0.6 is 11.8 Å². The van der Waals surface area contributed by atoms with Gasteiger partial charge in [-0.05, 0) is 26.0 Å². The van der Waals surface area contributed by atoms with Gasteiger partial charge in [-0.3, -0.25) is 4.79 Å². The minimum Gasteiger partial charge on any atom is -0.372 e. The molecule has 4 nitrogen and oxygen atoms in total. The molecule has 0 N–H and O–H groups in total. The summed E-state index contributed by atoms with van der Waals surface area (Å²) in [7, 11) is 0. The third-order valence-corrected chi connectivity index (χ3v) is 3.68. The number of carbonyl (C=O) groups is 1. The minimum absolute atomic E-state index is 0.123. The van der Waals surface area contributed by atoms with Crippen LogP contribution in [-0.4, -0.2) is 46.8 Å². The zero-order valence-electron chi connectivity index (χ0n) is 10.7. The van der Waals surface area contributed by atoms with E-state index in [1.54, 1.807) is 6.20 Å². The Bertz CT molecular complexity index is 389. The molecule has 1 aliphatic rings. The molecule has 0 aliphatic carbocycles. The summed E-state index contributed by atoms with van der Waals surface area (Å²) in [6.07, 6.45) is 1.99. The van der Waals surface area contributed by atoms with Gasteiger partial charge in [0.25, 0.3) is 0 Å². The zero-order valence-corrected chi connectivity index (χ0v) is 11.5. The Balaban J connectivity index is 1.84. The third-order valence-electron chi connectivity index (χ3n) is 2.75. The third kappa shape index (κ3) is 3.71. The Morgan fingerprint density at radius 3 is 2.78 bits per heavy atom. The number of nitrogens with zero attached hydrogens (tertiary/aromatic N) is 2. The second-order valence-corrected chi connectivity index (χ2v) is 5.51. The maximum absolute atomic E-state index is 12.1. The van der Waals surface area contributed by atoms with Gasteiger partial charge in [0.2, 0.25) is 5.91 Å². The lowest BCUT2D eigenvalue weighted by molar-refractivity contribution is -0.140. The van der Waals surface area contributed by atoms with Crippen molar-refractivity contribution in [2.24, 2.45) is 0 Å². The second kappa shape index (κ2) is 6.20. The molecule has 5 heteroatoms. The van der Waals surface area contributed by atoms with Gasteiger partial charge in [-0.25, -0.2) is 4.98 Å². The molecule has 0 unspecified atom stereocenters. The van der Waals surface area contributed by atoms with Crippen molar-refractivity contribution in [3.05, 3.63) is 24.4 Å². The molecule has 18 heavy (non-hydrogen) atoms. The number of hydrogen-bond acceptors (Lipinski definition) is 4. The molecule has 98 valence electrons. The van der Waals surface area contributed by atoms with Gasteiger partial charge in [-0.1, -0.05) is 17.8 Å². The van der Waals surface area contributed by atoms with Crippen LogP contribution in [0.3, 0.4) is 0 Å². The fraction of sp³-hybridized carbons (Fsp3) is 0.538. The number of hydrogen-bond donors (Lipinski definition) is 0. The van der Waals surface area contributed by atoms with Crippen molar-refractivity contribution < 1.29 is 9.53 Å². The zero-order chi connectivity index (χ0) is 13.0. The predicted octanol–water partition coefficient (Wildman–Crippen LogP) is 1.81. The smallest absolute Gasteiger partial charge is 0.233 e. The van der Waals surface area contributed by atoms with E-state index in [1.807, 2.05) is 36.9 Å². The molecule has 0 spiro atoms. The lowest BCUT2D eigenvalue weighted by Gasteiger charge is -2.35. The van der Waals surface area contributed by atoms with E-state index in [4.69, 9.17) is 4.74 Å². The minimum atomic E-state index is 0.123. The maximum atomic E-state index is 12.1. The van der Waals surface area contributed by atoms with Crippen LogP contribution in [-0.2, 0) is 9.53 Å². The van der Waals surface area contributed by atoms with Crippen LogP contribution in [0.15, 0.2) is 29.4 Å².